The molecule has 4 aromatic rings. The van der Waals surface area contributed by atoms with Crippen molar-refractivity contribution < 1.29 is 4.79 Å². The third-order valence-electron chi connectivity index (χ3n) is 4.83. The Morgan fingerprint density at radius 1 is 0.517 bits per heavy atom. The van der Waals surface area contributed by atoms with Crippen LogP contribution in [0.3, 0.4) is 0 Å². The quantitative estimate of drug-likeness (QED) is 0.524. The number of hydrogen-bond donors (Lipinski definition) is 1. The molecule has 0 saturated heterocycles. The summed E-state index contributed by atoms with van der Waals surface area (Å²) in [5.74, 6) is -0.333. The number of hydrogen-bond acceptors (Lipinski definition) is 1. The molecule has 0 radical (unpaired) electrons. The van der Waals surface area contributed by atoms with Crippen LogP contribution >= 0.6 is 7.26 Å². The van der Waals surface area contributed by atoms with Crippen LogP contribution in [-0.2, 0) is 4.79 Å². The molecule has 3 heteroatoms. The SMILES string of the molecule is CC(N)=O.c1ccc([PH](c2ccccc2)(c2ccccc2)c2ccccc2)cc1. The van der Waals surface area contributed by atoms with E-state index in [1.165, 1.54) is 28.1 Å². The zero-order chi connectivity index (χ0) is 20.5. The molecule has 0 bridgehead atoms. The summed E-state index contributed by atoms with van der Waals surface area (Å²) in [4.78, 5) is 9.22. The summed E-state index contributed by atoms with van der Waals surface area (Å²) in [5, 5.41) is 5.66. The first kappa shape index (κ1) is 20.5. The van der Waals surface area contributed by atoms with Crippen molar-refractivity contribution in [1.29, 1.82) is 0 Å². The van der Waals surface area contributed by atoms with Crippen LogP contribution in [0.5, 0.6) is 0 Å². The molecule has 1 amide bonds. The van der Waals surface area contributed by atoms with Gasteiger partial charge in [0.2, 0.25) is 5.91 Å². The first-order chi connectivity index (χ1) is 14.2. The van der Waals surface area contributed by atoms with Gasteiger partial charge in [0.1, 0.15) is 0 Å². The van der Waals surface area contributed by atoms with Crippen LogP contribution in [0.1, 0.15) is 6.92 Å². The summed E-state index contributed by atoms with van der Waals surface area (Å²) in [6.07, 6.45) is 0. The van der Waals surface area contributed by atoms with Crippen LogP contribution in [0.2, 0.25) is 0 Å². The van der Waals surface area contributed by atoms with Crippen LogP contribution in [-0.4, -0.2) is 5.91 Å². The van der Waals surface area contributed by atoms with Gasteiger partial charge in [-0.1, -0.05) is 0 Å². The second-order valence-corrected chi connectivity index (χ2v) is 10.6. The number of carbonyl (C=O) groups excluding carboxylic acids is 1. The molecule has 0 aliphatic carbocycles. The normalized spacial score (nSPS) is 11.1. The summed E-state index contributed by atoms with van der Waals surface area (Å²) in [5.41, 5.74) is 4.47. The number of nitrogens with two attached hydrogens (primary N) is 1. The number of rotatable bonds is 4. The van der Waals surface area contributed by atoms with Crippen LogP contribution in [0.25, 0.3) is 0 Å². The molecule has 4 aromatic carbocycles. The van der Waals surface area contributed by atoms with Crippen molar-refractivity contribution in [3.05, 3.63) is 121 Å². The van der Waals surface area contributed by atoms with Crippen LogP contribution in [0.4, 0.5) is 0 Å². The van der Waals surface area contributed by atoms with E-state index in [0.29, 0.717) is 0 Å². The van der Waals surface area contributed by atoms with Crippen LogP contribution < -0.4 is 27.0 Å². The van der Waals surface area contributed by atoms with Crippen LogP contribution in [0.15, 0.2) is 121 Å². The molecule has 0 fully saturated rings. The molecule has 0 aromatic heterocycles. The third-order valence-corrected chi connectivity index (χ3v) is 9.62. The molecule has 0 atom stereocenters. The molecule has 0 spiro atoms. The van der Waals surface area contributed by atoms with Gasteiger partial charge in [-0.2, -0.15) is 0 Å². The number of carbonyl (C=O) groups is 1. The zero-order valence-corrected chi connectivity index (χ0v) is 17.5. The van der Waals surface area contributed by atoms with Crippen LogP contribution in [0, 0.1) is 0 Å². The van der Waals surface area contributed by atoms with Gasteiger partial charge in [-0.25, -0.2) is 0 Å². The number of amides is 1. The summed E-state index contributed by atoms with van der Waals surface area (Å²) in [6, 6.07) is 44.0. The standard InChI is InChI=1S/C24H21P.C2H5NO/c1-5-13-21(14-6-1)25(22-15-7-2-8-16-22,23-17-9-3-10-18-23)24-19-11-4-12-20-24;1-2(3)4/h1-20,25H;1H3,(H2,3,4). The maximum atomic E-state index is 9.22. The fourth-order valence-electron chi connectivity index (χ4n) is 3.75. The average molecular weight is 399 g/mol. The molecule has 0 heterocycles. The minimum absolute atomic E-state index is 0.333. The van der Waals surface area contributed by atoms with Crippen molar-refractivity contribution in [3.63, 3.8) is 0 Å². The van der Waals surface area contributed by atoms with Gasteiger partial charge in [0.15, 0.2) is 0 Å². The molecular weight excluding hydrogens is 373 g/mol. The fourth-order valence-corrected chi connectivity index (χ4v) is 8.52. The van der Waals surface area contributed by atoms with Gasteiger partial charge in [-0.15, -0.1) is 0 Å². The van der Waals surface area contributed by atoms with E-state index in [-0.39, 0.29) is 5.91 Å². The minimum atomic E-state index is -2.30. The first-order valence-electron chi connectivity index (χ1n) is 9.64. The van der Waals surface area contributed by atoms with E-state index in [9.17, 15) is 4.79 Å². The van der Waals surface area contributed by atoms with Gasteiger partial charge in [-0.05, 0) is 0 Å². The van der Waals surface area contributed by atoms with E-state index >= 15 is 0 Å². The topological polar surface area (TPSA) is 43.1 Å². The summed E-state index contributed by atoms with van der Waals surface area (Å²) < 4.78 is 0. The van der Waals surface area contributed by atoms with Gasteiger partial charge in [0, 0.05) is 6.92 Å². The van der Waals surface area contributed by atoms with Crippen molar-refractivity contribution >= 4 is 34.4 Å². The van der Waals surface area contributed by atoms with E-state index in [1.807, 2.05) is 0 Å². The van der Waals surface area contributed by atoms with Crippen molar-refractivity contribution in [3.8, 4) is 0 Å². The van der Waals surface area contributed by atoms with Gasteiger partial charge in [0.25, 0.3) is 0 Å². The molecule has 29 heavy (non-hydrogen) atoms. The second-order valence-electron chi connectivity index (χ2n) is 6.82. The molecule has 0 aliphatic heterocycles. The van der Waals surface area contributed by atoms with Gasteiger partial charge in [-0.3, -0.25) is 4.79 Å². The monoisotopic (exact) mass is 399 g/mol. The molecular formula is C26H26NOP. The first-order valence-corrected chi connectivity index (χ1v) is 11.6. The Morgan fingerprint density at radius 2 is 0.690 bits per heavy atom. The molecule has 0 saturated carbocycles. The Kier molecular flexibility index (Phi) is 6.94. The van der Waals surface area contributed by atoms with Crippen molar-refractivity contribution in [2.24, 2.45) is 5.73 Å². The molecule has 146 valence electrons. The number of benzene rings is 4. The number of primary amides is 1. The van der Waals surface area contributed by atoms with E-state index in [1.54, 1.807) is 0 Å². The molecule has 4 rings (SSSR count). The molecule has 0 aliphatic rings. The average Bonchev–Trinajstić information content (AvgIpc) is 2.77. The Hall–Kier alpha value is -3.22. The molecule has 0 unspecified atom stereocenters. The second kappa shape index (κ2) is 9.82. The maximum absolute atomic E-state index is 9.22. The van der Waals surface area contributed by atoms with Crippen molar-refractivity contribution in [2.45, 2.75) is 6.92 Å². The van der Waals surface area contributed by atoms with E-state index in [0.717, 1.165) is 0 Å². The van der Waals surface area contributed by atoms with E-state index in [2.05, 4.69) is 127 Å². The molecule has 2 nitrogen and oxygen atoms in total. The van der Waals surface area contributed by atoms with Crippen molar-refractivity contribution in [2.75, 3.05) is 0 Å². The van der Waals surface area contributed by atoms with E-state index < -0.39 is 7.26 Å². The van der Waals surface area contributed by atoms with Crippen molar-refractivity contribution in [1.82, 2.24) is 0 Å². The predicted molar refractivity (Wildman–Crippen MR) is 127 cm³/mol. The summed E-state index contributed by atoms with van der Waals surface area (Å²) >= 11 is 0. The van der Waals surface area contributed by atoms with Gasteiger partial charge < -0.3 is 5.73 Å². The predicted octanol–water partition coefficient (Wildman–Crippen LogP) is 3.53. The van der Waals surface area contributed by atoms with E-state index in [4.69, 9.17) is 0 Å². The third kappa shape index (κ3) is 4.62. The Bertz CT molecular complexity index is 852. The fraction of sp³-hybridized carbons (Fsp3) is 0.0385. The Labute approximate surface area is 173 Å². The zero-order valence-electron chi connectivity index (χ0n) is 16.5. The van der Waals surface area contributed by atoms with Gasteiger partial charge in [0.05, 0.1) is 0 Å². The Balaban J connectivity index is 0.000000552. The molecule has 2 N–H and O–H groups in total. The summed E-state index contributed by atoms with van der Waals surface area (Å²) in [7, 11) is -2.30. The van der Waals surface area contributed by atoms with Gasteiger partial charge >= 0.3 is 150 Å². The Morgan fingerprint density at radius 3 is 0.862 bits per heavy atom. The summed E-state index contributed by atoms with van der Waals surface area (Å²) in [6.45, 7) is 1.31.